The minimum Gasteiger partial charge on any atom is -0.486 e. The Kier molecular flexibility index (Phi) is 4.55. The lowest BCUT2D eigenvalue weighted by Crippen LogP contribution is -2.31. The predicted octanol–water partition coefficient (Wildman–Crippen LogP) is 4.95. The zero-order valence-electron chi connectivity index (χ0n) is 16.2. The third-order valence-corrected chi connectivity index (χ3v) is 5.90. The van der Waals surface area contributed by atoms with Crippen molar-refractivity contribution >= 4 is 28.4 Å². The number of hydrogen-bond donors (Lipinski definition) is 0. The molecular formula is C23H21ClN2O3. The van der Waals surface area contributed by atoms with Crippen molar-refractivity contribution in [2.75, 3.05) is 19.8 Å². The number of amides is 1. The molecule has 1 fully saturated rings. The molecule has 29 heavy (non-hydrogen) atoms. The van der Waals surface area contributed by atoms with Crippen LogP contribution in [0.3, 0.4) is 0 Å². The highest BCUT2D eigenvalue weighted by atomic mass is 35.5. The maximum atomic E-state index is 13.5. The Labute approximate surface area is 174 Å². The van der Waals surface area contributed by atoms with E-state index in [9.17, 15) is 4.79 Å². The first-order valence-electron chi connectivity index (χ1n) is 9.87. The van der Waals surface area contributed by atoms with Gasteiger partial charge >= 0.3 is 0 Å². The number of carbonyl (C=O) groups excluding carboxylic acids is 1. The molecule has 148 valence electrons. The first-order chi connectivity index (χ1) is 14.1. The van der Waals surface area contributed by atoms with Gasteiger partial charge in [0, 0.05) is 17.0 Å². The lowest BCUT2D eigenvalue weighted by Gasteiger charge is -2.27. The van der Waals surface area contributed by atoms with E-state index in [2.05, 4.69) is 4.98 Å². The Balaban J connectivity index is 1.49. The summed E-state index contributed by atoms with van der Waals surface area (Å²) in [6, 6.07) is 13.5. The fourth-order valence-corrected chi connectivity index (χ4v) is 4.42. The van der Waals surface area contributed by atoms with Crippen molar-refractivity contribution in [3.8, 4) is 11.5 Å². The Morgan fingerprint density at radius 2 is 1.93 bits per heavy atom. The van der Waals surface area contributed by atoms with Gasteiger partial charge in [0.25, 0.3) is 5.91 Å². The normalized spacial score (nSPS) is 18.3. The van der Waals surface area contributed by atoms with E-state index in [1.165, 1.54) is 0 Å². The molecule has 0 N–H and O–H groups in total. The van der Waals surface area contributed by atoms with Gasteiger partial charge in [0.2, 0.25) is 0 Å². The molecule has 0 saturated carbocycles. The van der Waals surface area contributed by atoms with Gasteiger partial charge < -0.3 is 14.4 Å². The van der Waals surface area contributed by atoms with Crippen molar-refractivity contribution in [2.24, 2.45) is 0 Å². The van der Waals surface area contributed by atoms with Gasteiger partial charge in [0.1, 0.15) is 13.2 Å². The standard InChI is InChI=1S/C23H21ClN2O3/c1-14-18(12-16-11-17(24)5-6-19(16)25-14)23(27)26-8-2-3-20(26)15-4-7-21-22(13-15)29-10-9-28-21/h4-7,11-13,20H,2-3,8-10H2,1H3. The third-order valence-electron chi connectivity index (χ3n) is 5.66. The van der Waals surface area contributed by atoms with Crippen LogP contribution >= 0.6 is 11.6 Å². The molecule has 1 saturated heterocycles. The van der Waals surface area contributed by atoms with Gasteiger partial charge in [-0.1, -0.05) is 17.7 Å². The number of nitrogens with zero attached hydrogens (tertiary/aromatic N) is 2. The summed E-state index contributed by atoms with van der Waals surface area (Å²) in [5.41, 5.74) is 3.28. The van der Waals surface area contributed by atoms with Crippen LogP contribution in [0.15, 0.2) is 42.5 Å². The van der Waals surface area contributed by atoms with Crippen LogP contribution in [-0.2, 0) is 0 Å². The highest BCUT2D eigenvalue weighted by molar-refractivity contribution is 6.31. The van der Waals surface area contributed by atoms with Crippen molar-refractivity contribution in [1.29, 1.82) is 0 Å². The molecule has 5 nitrogen and oxygen atoms in total. The van der Waals surface area contributed by atoms with Crippen LogP contribution in [0.2, 0.25) is 5.02 Å². The largest absolute Gasteiger partial charge is 0.486 e. The molecule has 1 aromatic heterocycles. The van der Waals surface area contributed by atoms with Crippen LogP contribution < -0.4 is 9.47 Å². The predicted molar refractivity (Wildman–Crippen MR) is 112 cm³/mol. The van der Waals surface area contributed by atoms with Gasteiger partial charge in [0.05, 0.1) is 22.8 Å². The first kappa shape index (κ1) is 18.3. The van der Waals surface area contributed by atoms with E-state index in [1.54, 1.807) is 0 Å². The SMILES string of the molecule is Cc1nc2ccc(Cl)cc2cc1C(=O)N1CCCC1c1ccc2c(c1)OCCO2. The number of hydrogen-bond acceptors (Lipinski definition) is 4. The van der Waals surface area contributed by atoms with Crippen molar-refractivity contribution in [3.05, 3.63) is 64.3 Å². The summed E-state index contributed by atoms with van der Waals surface area (Å²) in [6.07, 6.45) is 1.90. The summed E-state index contributed by atoms with van der Waals surface area (Å²) in [4.78, 5) is 20.0. The van der Waals surface area contributed by atoms with E-state index in [0.29, 0.717) is 23.8 Å². The number of halogens is 1. The third kappa shape index (κ3) is 3.29. The number of pyridine rings is 1. The first-order valence-corrected chi connectivity index (χ1v) is 10.3. The Morgan fingerprint density at radius 3 is 2.79 bits per heavy atom. The van der Waals surface area contributed by atoms with E-state index >= 15 is 0 Å². The second-order valence-electron chi connectivity index (χ2n) is 7.52. The van der Waals surface area contributed by atoms with Crippen LogP contribution in [0.25, 0.3) is 10.9 Å². The highest BCUT2D eigenvalue weighted by Crippen LogP contribution is 2.39. The fourth-order valence-electron chi connectivity index (χ4n) is 4.24. The van der Waals surface area contributed by atoms with Crippen molar-refractivity contribution in [2.45, 2.75) is 25.8 Å². The molecule has 0 radical (unpaired) electrons. The minimum atomic E-state index is 0.00858. The number of carbonyl (C=O) groups is 1. The van der Waals surface area contributed by atoms with Crippen molar-refractivity contribution in [3.63, 3.8) is 0 Å². The summed E-state index contributed by atoms with van der Waals surface area (Å²) < 4.78 is 11.4. The molecule has 1 unspecified atom stereocenters. The molecule has 1 atom stereocenters. The van der Waals surface area contributed by atoms with E-state index in [1.807, 2.05) is 54.3 Å². The maximum Gasteiger partial charge on any atom is 0.256 e. The summed E-state index contributed by atoms with van der Waals surface area (Å²) in [5, 5.41) is 1.51. The minimum absolute atomic E-state index is 0.00858. The van der Waals surface area contributed by atoms with E-state index in [4.69, 9.17) is 21.1 Å². The molecule has 1 amide bonds. The van der Waals surface area contributed by atoms with Gasteiger partial charge in [-0.2, -0.15) is 0 Å². The van der Waals surface area contributed by atoms with E-state index in [-0.39, 0.29) is 11.9 Å². The number of aromatic nitrogens is 1. The zero-order valence-corrected chi connectivity index (χ0v) is 16.9. The van der Waals surface area contributed by atoms with Gasteiger partial charge in [-0.25, -0.2) is 0 Å². The quantitative estimate of drug-likeness (QED) is 0.602. The number of ether oxygens (including phenoxy) is 2. The second-order valence-corrected chi connectivity index (χ2v) is 7.95. The summed E-state index contributed by atoms with van der Waals surface area (Å²) in [5.74, 6) is 1.53. The smallest absolute Gasteiger partial charge is 0.256 e. The molecular weight excluding hydrogens is 388 g/mol. The van der Waals surface area contributed by atoms with Gasteiger partial charge in [-0.15, -0.1) is 0 Å². The van der Waals surface area contributed by atoms with Crippen LogP contribution in [-0.4, -0.2) is 35.5 Å². The lowest BCUT2D eigenvalue weighted by atomic mass is 10.0. The number of likely N-dealkylation sites (tertiary alicyclic amines) is 1. The molecule has 2 aromatic carbocycles. The van der Waals surface area contributed by atoms with Crippen LogP contribution in [0, 0.1) is 6.92 Å². The number of fused-ring (bicyclic) bond motifs is 2. The average Bonchev–Trinajstić information content (AvgIpc) is 3.22. The molecule has 3 aromatic rings. The van der Waals surface area contributed by atoms with E-state index in [0.717, 1.165) is 53.0 Å². The average molecular weight is 409 g/mol. The topological polar surface area (TPSA) is 51.7 Å². The molecule has 0 spiro atoms. The molecule has 0 bridgehead atoms. The molecule has 0 aliphatic carbocycles. The van der Waals surface area contributed by atoms with Crippen LogP contribution in [0.4, 0.5) is 0 Å². The molecule has 6 heteroatoms. The maximum absolute atomic E-state index is 13.5. The molecule has 2 aliphatic heterocycles. The monoisotopic (exact) mass is 408 g/mol. The number of aryl methyl sites for hydroxylation is 1. The Bertz CT molecular complexity index is 1110. The lowest BCUT2D eigenvalue weighted by molar-refractivity contribution is 0.0734. The molecule has 5 rings (SSSR count). The molecule has 3 heterocycles. The second kappa shape index (κ2) is 7.23. The fraction of sp³-hybridized carbons (Fsp3) is 0.304. The van der Waals surface area contributed by atoms with Crippen LogP contribution in [0.5, 0.6) is 11.5 Å². The Morgan fingerprint density at radius 1 is 1.10 bits per heavy atom. The highest BCUT2D eigenvalue weighted by Gasteiger charge is 2.32. The summed E-state index contributed by atoms with van der Waals surface area (Å²) in [6.45, 7) is 3.73. The van der Waals surface area contributed by atoms with E-state index < -0.39 is 0 Å². The van der Waals surface area contributed by atoms with Gasteiger partial charge in [-0.3, -0.25) is 9.78 Å². The molecule has 2 aliphatic rings. The van der Waals surface area contributed by atoms with Gasteiger partial charge in [0.15, 0.2) is 11.5 Å². The zero-order chi connectivity index (χ0) is 20.0. The van der Waals surface area contributed by atoms with Crippen LogP contribution in [0.1, 0.15) is 40.5 Å². The number of rotatable bonds is 2. The Hall–Kier alpha value is -2.79. The van der Waals surface area contributed by atoms with Crippen molar-refractivity contribution < 1.29 is 14.3 Å². The van der Waals surface area contributed by atoms with Gasteiger partial charge in [-0.05, 0) is 61.7 Å². The van der Waals surface area contributed by atoms with Crippen molar-refractivity contribution in [1.82, 2.24) is 9.88 Å². The number of benzene rings is 2. The summed E-state index contributed by atoms with van der Waals surface area (Å²) in [7, 11) is 0. The summed E-state index contributed by atoms with van der Waals surface area (Å²) >= 11 is 6.13.